The smallest absolute Gasteiger partial charge is 0.251 e. The first kappa shape index (κ1) is 19.4. The summed E-state index contributed by atoms with van der Waals surface area (Å²) in [5.74, 6) is 1.83. The van der Waals surface area contributed by atoms with Gasteiger partial charge in [0.25, 0.3) is 5.91 Å². The maximum Gasteiger partial charge on any atom is 0.251 e. The van der Waals surface area contributed by atoms with Gasteiger partial charge in [0.15, 0.2) is 0 Å². The van der Waals surface area contributed by atoms with E-state index in [0.29, 0.717) is 18.1 Å². The molecule has 0 saturated carbocycles. The van der Waals surface area contributed by atoms with Crippen LogP contribution >= 0.6 is 0 Å². The average Bonchev–Trinajstić information content (AvgIpc) is 3.18. The maximum absolute atomic E-state index is 12.4. The molecule has 6 heteroatoms. The second-order valence-corrected chi connectivity index (χ2v) is 7.07. The summed E-state index contributed by atoms with van der Waals surface area (Å²) in [7, 11) is 0. The van der Waals surface area contributed by atoms with Crippen LogP contribution in [0.2, 0.25) is 0 Å². The lowest BCUT2D eigenvalue weighted by molar-refractivity contribution is 0.0948. The van der Waals surface area contributed by atoms with Gasteiger partial charge in [0, 0.05) is 29.2 Å². The molecule has 0 unspecified atom stereocenters. The van der Waals surface area contributed by atoms with E-state index in [0.717, 1.165) is 28.3 Å². The van der Waals surface area contributed by atoms with Crippen LogP contribution in [0.4, 0.5) is 11.6 Å². The molecule has 0 bridgehead atoms. The third-order valence-electron chi connectivity index (χ3n) is 4.60. The molecule has 150 valence electrons. The molecule has 0 radical (unpaired) electrons. The molecule has 4 rings (SSSR count). The molecule has 0 atom stereocenters. The molecule has 0 aliphatic carbocycles. The fraction of sp³-hybridized carbons (Fsp3) is 0.125. The SMILES string of the molecule is Cc1cccc(-c2cnc(Nc3cccc(C(=O)NCc4ccc(C)o4)c3)nc2)c1. The minimum Gasteiger partial charge on any atom is -0.465 e. The second kappa shape index (κ2) is 8.61. The highest BCUT2D eigenvalue weighted by molar-refractivity contribution is 5.95. The van der Waals surface area contributed by atoms with Crippen molar-refractivity contribution in [2.24, 2.45) is 0 Å². The van der Waals surface area contributed by atoms with Gasteiger partial charge in [-0.15, -0.1) is 0 Å². The molecular weight excluding hydrogens is 376 g/mol. The van der Waals surface area contributed by atoms with E-state index in [1.165, 1.54) is 5.56 Å². The largest absolute Gasteiger partial charge is 0.465 e. The molecule has 0 aliphatic rings. The third kappa shape index (κ3) is 4.72. The summed E-state index contributed by atoms with van der Waals surface area (Å²) in [6, 6.07) is 19.1. The van der Waals surface area contributed by atoms with Crippen molar-refractivity contribution >= 4 is 17.5 Å². The Hall–Kier alpha value is -3.93. The quantitative estimate of drug-likeness (QED) is 0.476. The Bertz CT molecular complexity index is 1170. The highest BCUT2D eigenvalue weighted by Gasteiger charge is 2.08. The number of rotatable bonds is 6. The molecule has 0 spiro atoms. The van der Waals surface area contributed by atoms with Gasteiger partial charge in [-0.05, 0) is 49.7 Å². The number of amides is 1. The molecule has 6 nitrogen and oxygen atoms in total. The van der Waals surface area contributed by atoms with E-state index >= 15 is 0 Å². The Kier molecular flexibility index (Phi) is 5.57. The Morgan fingerprint density at radius 3 is 2.47 bits per heavy atom. The van der Waals surface area contributed by atoms with Crippen molar-refractivity contribution in [1.29, 1.82) is 0 Å². The number of aromatic nitrogens is 2. The number of carbonyl (C=O) groups is 1. The predicted octanol–water partition coefficient (Wildman–Crippen LogP) is 5.03. The lowest BCUT2D eigenvalue weighted by Gasteiger charge is -2.08. The molecule has 1 amide bonds. The van der Waals surface area contributed by atoms with Crippen LogP contribution in [0.1, 0.15) is 27.4 Å². The first-order valence-electron chi connectivity index (χ1n) is 9.66. The lowest BCUT2D eigenvalue weighted by atomic mass is 10.1. The zero-order valence-corrected chi connectivity index (χ0v) is 16.8. The topological polar surface area (TPSA) is 80.0 Å². The van der Waals surface area contributed by atoms with Gasteiger partial charge >= 0.3 is 0 Å². The van der Waals surface area contributed by atoms with Gasteiger partial charge in [-0.2, -0.15) is 0 Å². The molecule has 4 aromatic rings. The Balaban J connectivity index is 1.42. The van der Waals surface area contributed by atoms with Crippen molar-refractivity contribution in [3.05, 3.63) is 95.7 Å². The van der Waals surface area contributed by atoms with Crippen molar-refractivity contribution in [2.45, 2.75) is 20.4 Å². The minimum atomic E-state index is -0.177. The van der Waals surface area contributed by atoms with E-state index in [4.69, 9.17) is 4.42 Å². The number of carbonyl (C=O) groups excluding carboxylic acids is 1. The fourth-order valence-electron chi connectivity index (χ4n) is 3.08. The molecule has 0 aliphatic heterocycles. The molecule has 2 aromatic heterocycles. The van der Waals surface area contributed by atoms with Crippen molar-refractivity contribution in [2.75, 3.05) is 5.32 Å². The van der Waals surface area contributed by atoms with Gasteiger partial charge in [0.05, 0.1) is 6.54 Å². The molecule has 2 heterocycles. The molecule has 30 heavy (non-hydrogen) atoms. The predicted molar refractivity (Wildman–Crippen MR) is 117 cm³/mol. The number of nitrogens with zero attached hydrogens (tertiary/aromatic N) is 2. The zero-order chi connectivity index (χ0) is 20.9. The molecule has 2 aromatic carbocycles. The summed E-state index contributed by atoms with van der Waals surface area (Å²) in [5.41, 5.74) is 4.49. The number of benzene rings is 2. The maximum atomic E-state index is 12.4. The first-order valence-corrected chi connectivity index (χ1v) is 9.66. The Morgan fingerprint density at radius 1 is 0.933 bits per heavy atom. The molecule has 0 saturated heterocycles. The van der Waals surface area contributed by atoms with Crippen LogP contribution in [0, 0.1) is 13.8 Å². The second-order valence-electron chi connectivity index (χ2n) is 7.07. The van der Waals surface area contributed by atoms with E-state index in [1.54, 1.807) is 24.5 Å². The molecular formula is C24H22N4O2. The molecule has 0 fully saturated rings. The number of nitrogens with one attached hydrogen (secondary N) is 2. The van der Waals surface area contributed by atoms with Gasteiger partial charge in [0.1, 0.15) is 11.5 Å². The monoisotopic (exact) mass is 398 g/mol. The van der Waals surface area contributed by atoms with Gasteiger partial charge in [-0.1, -0.05) is 35.9 Å². The van der Waals surface area contributed by atoms with E-state index in [2.05, 4.69) is 39.7 Å². The van der Waals surface area contributed by atoms with Gasteiger partial charge in [-0.25, -0.2) is 9.97 Å². The standard InChI is InChI=1S/C24H22N4O2/c1-16-5-3-6-18(11-16)20-13-26-24(27-14-20)28-21-8-4-7-19(12-21)23(29)25-15-22-10-9-17(2)30-22/h3-14H,15H2,1-2H3,(H,25,29)(H,26,27,28). The van der Waals surface area contributed by atoms with Gasteiger partial charge in [0.2, 0.25) is 5.95 Å². The zero-order valence-electron chi connectivity index (χ0n) is 16.8. The number of hydrogen-bond donors (Lipinski definition) is 2. The van der Waals surface area contributed by atoms with Crippen molar-refractivity contribution in [3.8, 4) is 11.1 Å². The third-order valence-corrected chi connectivity index (χ3v) is 4.60. The van der Waals surface area contributed by atoms with Crippen LogP contribution in [0.5, 0.6) is 0 Å². The Labute approximate surface area is 175 Å². The molecule has 2 N–H and O–H groups in total. The first-order chi connectivity index (χ1) is 14.6. The fourth-order valence-corrected chi connectivity index (χ4v) is 3.08. The van der Waals surface area contributed by atoms with Crippen molar-refractivity contribution < 1.29 is 9.21 Å². The van der Waals surface area contributed by atoms with Crippen molar-refractivity contribution in [1.82, 2.24) is 15.3 Å². The Morgan fingerprint density at radius 2 is 1.73 bits per heavy atom. The highest BCUT2D eigenvalue weighted by atomic mass is 16.3. The van der Waals surface area contributed by atoms with Crippen LogP contribution in [0.3, 0.4) is 0 Å². The average molecular weight is 398 g/mol. The van der Waals surface area contributed by atoms with E-state index in [9.17, 15) is 4.79 Å². The normalized spacial score (nSPS) is 10.6. The number of aryl methyl sites for hydroxylation is 2. The van der Waals surface area contributed by atoms with Gasteiger partial charge < -0.3 is 15.1 Å². The summed E-state index contributed by atoms with van der Waals surface area (Å²) in [5, 5.41) is 6.00. The van der Waals surface area contributed by atoms with Crippen LogP contribution < -0.4 is 10.6 Å². The summed E-state index contributed by atoms with van der Waals surface area (Å²) in [4.78, 5) is 21.2. The van der Waals surface area contributed by atoms with E-state index in [-0.39, 0.29) is 5.91 Å². The van der Waals surface area contributed by atoms with Crippen molar-refractivity contribution in [3.63, 3.8) is 0 Å². The van der Waals surface area contributed by atoms with E-state index < -0.39 is 0 Å². The highest BCUT2D eigenvalue weighted by Crippen LogP contribution is 2.21. The van der Waals surface area contributed by atoms with Crippen LogP contribution in [-0.4, -0.2) is 15.9 Å². The van der Waals surface area contributed by atoms with Crippen LogP contribution in [0.25, 0.3) is 11.1 Å². The summed E-state index contributed by atoms with van der Waals surface area (Å²) < 4.78 is 5.48. The lowest BCUT2D eigenvalue weighted by Crippen LogP contribution is -2.22. The van der Waals surface area contributed by atoms with E-state index in [1.807, 2.05) is 43.3 Å². The number of hydrogen-bond acceptors (Lipinski definition) is 5. The number of anilines is 2. The number of furan rings is 1. The summed E-state index contributed by atoms with van der Waals surface area (Å²) in [6.07, 6.45) is 3.57. The van der Waals surface area contributed by atoms with Gasteiger partial charge in [-0.3, -0.25) is 4.79 Å². The summed E-state index contributed by atoms with van der Waals surface area (Å²) in [6.45, 7) is 4.27. The summed E-state index contributed by atoms with van der Waals surface area (Å²) >= 11 is 0. The van der Waals surface area contributed by atoms with Crippen LogP contribution in [0.15, 0.2) is 77.5 Å². The van der Waals surface area contributed by atoms with Crippen LogP contribution in [-0.2, 0) is 6.54 Å². The minimum absolute atomic E-state index is 0.177.